The van der Waals surface area contributed by atoms with Crippen molar-refractivity contribution in [3.05, 3.63) is 34.9 Å². The number of nitrogens with one attached hydrogen (secondary N) is 2. The van der Waals surface area contributed by atoms with Crippen molar-refractivity contribution < 1.29 is 14.4 Å². The van der Waals surface area contributed by atoms with Gasteiger partial charge in [0.2, 0.25) is 11.8 Å². The van der Waals surface area contributed by atoms with Crippen molar-refractivity contribution in [2.75, 3.05) is 0 Å². The van der Waals surface area contributed by atoms with Crippen LogP contribution in [0, 0.1) is 0 Å². The fraction of sp³-hybridized carbons (Fsp3) is 0.550. The molecule has 0 radical (unpaired) electrons. The van der Waals surface area contributed by atoms with Crippen LogP contribution in [0.25, 0.3) is 0 Å². The van der Waals surface area contributed by atoms with Crippen LogP contribution in [-0.4, -0.2) is 40.2 Å². The molecule has 27 heavy (non-hydrogen) atoms. The Bertz CT molecular complexity index is 808. The molecule has 1 aromatic carbocycles. The molecule has 1 saturated heterocycles. The smallest absolute Gasteiger partial charge is 0.255 e. The van der Waals surface area contributed by atoms with Gasteiger partial charge in [-0.25, -0.2) is 0 Å². The minimum atomic E-state index is -0.579. The van der Waals surface area contributed by atoms with Crippen LogP contribution >= 0.6 is 0 Å². The maximum Gasteiger partial charge on any atom is 0.255 e. The third kappa shape index (κ3) is 3.15. The summed E-state index contributed by atoms with van der Waals surface area (Å²) in [4.78, 5) is 38.3. The zero-order chi connectivity index (χ0) is 19.2. The molecule has 1 unspecified atom stereocenters. The number of carbonyl (C=O) groups is 3. The first kappa shape index (κ1) is 18.1. The van der Waals surface area contributed by atoms with E-state index >= 15 is 0 Å². The molecule has 1 aromatic rings. The summed E-state index contributed by atoms with van der Waals surface area (Å²) < 4.78 is 0. The Kier molecular flexibility index (Phi) is 4.52. The number of nitrogens with zero attached hydrogens (tertiary/aromatic N) is 1. The van der Waals surface area contributed by atoms with Gasteiger partial charge in [0.1, 0.15) is 6.04 Å². The van der Waals surface area contributed by atoms with Crippen LogP contribution in [0.15, 0.2) is 18.2 Å². The van der Waals surface area contributed by atoms with Gasteiger partial charge in [0, 0.05) is 36.7 Å². The molecule has 0 aromatic heterocycles. The summed E-state index contributed by atoms with van der Waals surface area (Å²) in [5.74, 6) is -0.777. The summed E-state index contributed by atoms with van der Waals surface area (Å²) in [6.45, 7) is 3.12. The lowest BCUT2D eigenvalue weighted by Gasteiger charge is -2.31. The Balaban J connectivity index is 1.53. The SMILES string of the molecule is C[C@]1(NCc2cccc3c2C(=O)N(C2CCC(=O)NC2=O)C3)CCC[C@@H]1N. The third-order valence-electron chi connectivity index (χ3n) is 6.35. The van der Waals surface area contributed by atoms with Gasteiger partial charge >= 0.3 is 0 Å². The van der Waals surface area contributed by atoms with Crippen LogP contribution in [0.4, 0.5) is 0 Å². The normalized spacial score (nSPS) is 30.6. The van der Waals surface area contributed by atoms with E-state index in [2.05, 4.69) is 17.6 Å². The van der Waals surface area contributed by atoms with E-state index in [1.807, 2.05) is 18.2 Å². The highest BCUT2D eigenvalue weighted by molar-refractivity contribution is 6.05. The standard InChI is InChI=1S/C20H26N4O3/c1-20(9-3-6-15(20)21)22-10-12-4-2-5-13-11-24(19(27)17(12)13)14-7-8-16(25)23-18(14)26/h2,4-5,14-15,22H,3,6-11,21H2,1H3,(H,23,25,26)/t14?,15-,20-/m0/s1. The van der Waals surface area contributed by atoms with E-state index in [0.29, 0.717) is 25.1 Å². The van der Waals surface area contributed by atoms with E-state index in [9.17, 15) is 14.4 Å². The number of nitrogens with two attached hydrogens (primary N) is 1. The highest BCUT2D eigenvalue weighted by Gasteiger charge is 2.40. The van der Waals surface area contributed by atoms with Crippen molar-refractivity contribution in [2.24, 2.45) is 5.73 Å². The maximum atomic E-state index is 13.1. The Morgan fingerprint density at radius 3 is 2.81 bits per heavy atom. The molecule has 1 aliphatic carbocycles. The number of rotatable bonds is 4. The van der Waals surface area contributed by atoms with Crippen LogP contribution in [0.2, 0.25) is 0 Å². The van der Waals surface area contributed by atoms with Gasteiger partial charge in [0.05, 0.1) is 0 Å². The van der Waals surface area contributed by atoms with Gasteiger partial charge in [-0.2, -0.15) is 0 Å². The van der Waals surface area contributed by atoms with Gasteiger partial charge in [0.25, 0.3) is 5.91 Å². The molecular formula is C20H26N4O3. The molecule has 2 aliphatic heterocycles. The molecular weight excluding hydrogens is 344 g/mol. The van der Waals surface area contributed by atoms with Crippen LogP contribution in [0.3, 0.4) is 0 Å². The van der Waals surface area contributed by atoms with E-state index in [-0.39, 0.29) is 35.7 Å². The molecule has 3 amide bonds. The second kappa shape index (κ2) is 6.73. The van der Waals surface area contributed by atoms with Crippen LogP contribution < -0.4 is 16.4 Å². The lowest BCUT2D eigenvalue weighted by Crippen LogP contribution is -2.52. The fourth-order valence-corrected chi connectivity index (χ4v) is 4.55. The van der Waals surface area contributed by atoms with Crippen molar-refractivity contribution in [1.82, 2.24) is 15.5 Å². The molecule has 3 aliphatic rings. The van der Waals surface area contributed by atoms with Crippen molar-refractivity contribution in [2.45, 2.75) is 69.7 Å². The minimum absolute atomic E-state index is 0.116. The predicted molar refractivity (Wildman–Crippen MR) is 99.6 cm³/mol. The van der Waals surface area contributed by atoms with Crippen LogP contribution in [0.5, 0.6) is 0 Å². The van der Waals surface area contributed by atoms with Crippen LogP contribution in [0.1, 0.15) is 60.5 Å². The number of hydrogen-bond donors (Lipinski definition) is 3. The summed E-state index contributed by atoms with van der Waals surface area (Å²) in [5, 5.41) is 5.91. The summed E-state index contributed by atoms with van der Waals surface area (Å²) in [6.07, 6.45) is 3.80. The molecule has 4 rings (SSSR count). The first-order chi connectivity index (χ1) is 12.9. The van der Waals surface area contributed by atoms with E-state index in [0.717, 1.165) is 30.4 Å². The first-order valence-electron chi connectivity index (χ1n) is 9.65. The van der Waals surface area contributed by atoms with E-state index in [1.54, 1.807) is 4.90 Å². The van der Waals surface area contributed by atoms with Crippen LogP contribution in [-0.2, 0) is 22.7 Å². The quantitative estimate of drug-likeness (QED) is 0.680. The van der Waals surface area contributed by atoms with Crippen molar-refractivity contribution >= 4 is 17.7 Å². The number of imide groups is 1. The number of piperidine rings is 1. The molecule has 4 N–H and O–H groups in total. The van der Waals surface area contributed by atoms with Gasteiger partial charge < -0.3 is 16.0 Å². The minimum Gasteiger partial charge on any atom is -0.326 e. The zero-order valence-corrected chi connectivity index (χ0v) is 15.6. The maximum absolute atomic E-state index is 13.1. The molecule has 2 fully saturated rings. The molecule has 144 valence electrons. The Labute approximate surface area is 158 Å². The van der Waals surface area contributed by atoms with Gasteiger partial charge in [-0.1, -0.05) is 18.2 Å². The van der Waals surface area contributed by atoms with E-state index < -0.39 is 6.04 Å². The highest BCUT2D eigenvalue weighted by atomic mass is 16.2. The van der Waals surface area contributed by atoms with Crippen molar-refractivity contribution in [3.63, 3.8) is 0 Å². The first-order valence-corrected chi connectivity index (χ1v) is 9.65. The molecule has 7 heteroatoms. The second-order valence-electron chi connectivity index (χ2n) is 8.12. The number of benzene rings is 1. The average Bonchev–Trinajstić information content (AvgIpc) is 3.14. The van der Waals surface area contributed by atoms with Gasteiger partial charge in [0.15, 0.2) is 0 Å². The number of amides is 3. The lowest BCUT2D eigenvalue weighted by molar-refractivity contribution is -0.136. The summed E-state index contributed by atoms with van der Waals surface area (Å²) in [6, 6.07) is 5.38. The Hall–Kier alpha value is -2.25. The largest absolute Gasteiger partial charge is 0.326 e. The van der Waals surface area contributed by atoms with E-state index in [4.69, 9.17) is 5.73 Å². The fourth-order valence-electron chi connectivity index (χ4n) is 4.55. The third-order valence-corrected chi connectivity index (χ3v) is 6.35. The average molecular weight is 370 g/mol. The van der Waals surface area contributed by atoms with Gasteiger partial charge in [-0.15, -0.1) is 0 Å². The highest BCUT2D eigenvalue weighted by Crippen LogP contribution is 2.32. The van der Waals surface area contributed by atoms with Crippen molar-refractivity contribution in [3.8, 4) is 0 Å². The second-order valence-corrected chi connectivity index (χ2v) is 8.12. The molecule has 2 heterocycles. The van der Waals surface area contributed by atoms with Crippen molar-refractivity contribution in [1.29, 1.82) is 0 Å². The Morgan fingerprint density at radius 1 is 1.30 bits per heavy atom. The van der Waals surface area contributed by atoms with Gasteiger partial charge in [-0.05, 0) is 43.7 Å². The Morgan fingerprint density at radius 2 is 2.11 bits per heavy atom. The predicted octanol–water partition coefficient (Wildman–Crippen LogP) is 0.807. The molecule has 3 atom stereocenters. The number of fused-ring (bicyclic) bond motifs is 1. The topological polar surface area (TPSA) is 105 Å². The molecule has 7 nitrogen and oxygen atoms in total. The van der Waals surface area contributed by atoms with Gasteiger partial charge in [-0.3, -0.25) is 19.7 Å². The number of hydrogen-bond acceptors (Lipinski definition) is 5. The van der Waals surface area contributed by atoms with E-state index in [1.165, 1.54) is 0 Å². The summed E-state index contributed by atoms with van der Waals surface area (Å²) in [7, 11) is 0. The number of carbonyl (C=O) groups excluding carboxylic acids is 3. The summed E-state index contributed by atoms with van der Waals surface area (Å²) in [5.41, 5.74) is 8.69. The molecule has 0 bridgehead atoms. The zero-order valence-electron chi connectivity index (χ0n) is 15.6. The molecule has 1 saturated carbocycles. The monoisotopic (exact) mass is 370 g/mol. The summed E-state index contributed by atoms with van der Waals surface area (Å²) >= 11 is 0. The molecule has 0 spiro atoms. The lowest BCUT2D eigenvalue weighted by atomic mass is 9.95.